The second kappa shape index (κ2) is 10.2. The van der Waals surface area contributed by atoms with Gasteiger partial charge < -0.3 is 14.7 Å². The van der Waals surface area contributed by atoms with E-state index in [1.165, 1.54) is 17.0 Å². The lowest BCUT2D eigenvalue weighted by atomic mass is 9.61. The van der Waals surface area contributed by atoms with Crippen molar-refractivity contribution >= 4 is 17.7 Å². The van der Waals surface area contributed by atoms with Crippen LogP contribution in [-0.2, 0) is 39.2 Å². The minimum atomic E-state index is -4.39. The highest BCUT2D eigenvalue weighted by atomic mass is 19.4. The van der Waals surface area contributed by atoms with Crippen molar-refractivity contribution in [3.8, 4) is 0 Å². The molecule has 0 bridgehead atoms. The molecule has 3 fully saturated rings. The number of pyridine rings is 1. The van der Waals surface area contributed by atoms with E-state index in [0.717, 1.165) is 17.7 Å². The summed E-state index contributed by atoms with van der Waals surface area (Å²) in [7, 11) is 0. The molecule has 12 heteroatoms. The van der Waals surface area contributed by atoms with Gasteiger partial charge in [-0.05, 0) is 55.5 Å². The van der Waals surface area contributed by atoms with Gasteiger partial charge in [0.05, 0.1) is 29.1 Å². The Balaban J connectivity index is 1.24. The van der Waals surface area contributed by atoms with Crippen molar-refractivity contribution in [3.63, 3.8) is 0 Å². The normalized spacial score (nSPS) is 26.8. The number of nitrogens with zero attached hydrogens (tertiary/aromatic N) is 3. The molecule has 0 aliphatic carbocycles. The van der Waals surface area contributed by atoms with Crippen LogP contribution in [0.2, 0.25) is 0 Å². The molecule has 2 atom stereocenters. The first kappa shape index (κ1) is 27.8. The number of alkyl halides is 3. The van der Waals surface area contributed by atoms with Gasteiger partial charge >= 0.3 is 6.18 Å². The summed E-state index contributed by atoms with van der Waals surface area (Å²) < 4.78 is 44.7. The Hall–Kier alpha value is -3.35. The summed E-state index contributed by atoms with van der Waals surface area (Å²) in [5, 5.41) is 14.6. The quantitative estimate of drug-likeness (QED) is 0.542. The van der Waals surface area contributed by atoms with Gasteiger partial charge in [0.25, 0.3) is 5.91 Å². The molecular weight excluding hydrogens is 541 g/mol. The smallest absolute Gasteiger partial charge is 0.383 e. The van der Waals surface area contributed by atoms with E-state index in [1.807, 2.05) is 0 Å². The third-order valence-corrected chi connectivity index (χ3v) is 9.13. The van der Waals surface area contributed by atoms with Crippen LogP contribution in [0.3, 0.4) is 0 Å². The molecule has 1 aromatic heterocycles. The van der Waals surface area contributed by atoms with Crippen molar-refractivity contribution in [2.24, 2.45) is 5.41 Å². The molecule has 1 spiro atoms. The molecule has 2 N–H and O–H groups in total. The molecular formula is C29H31F3N4O5. The van der Waals surface area contributed by atoms with Crippen molar-refractivity contribution < 1.29 is 37.4 Å². The number of piperidine rings is 2. The summed E-state index contributed by atoms with van der Waals surface area (Å²) in [5.41, 5.74) is -0.523. The van der Waals surface area contributed by atoms with Crippen molar-refractivity contribution in [1.29, 1.82) is 0 Å². The lowest BCUT2D eigenvalue weighted by Gasteiger charge is -2.55. The SMILES string of the molecule is O=C1CC[C@@H](N2Cc3nc([C@@]4(O)CCN(Cc5ccc(C(F)(F)F)cc5)CC45CCOCC5)ccc3C2=O)C(=O)N1. The number of nitrogens with one attached hydrogen (secondary N) is 1. The predicted molar refractivity (Wildman–Crippen MR) is 138 cm³/mol. The van der Waals surface area contributed by atoms with Crippen LogP contribution >= 0.6 is 0 Å². The number of rotatable bonds is 4. The molecule has 218 valence electrons. The molecule has 6 rings (SSSR count). The Morgan fingerprint density at radius 1 is 1.05 bits per heavy atom. The second-order valence-corrected chi connectivity index (χ2v) is 11.5. The standard InChI is InChI=1S/C29H31F3N4O5/c30-29(31,32)19-3-1-18(2-4-19)15-35-12-9-28(40,27(17-35)10-13-41-14-11-27)23-7-5-20-21(33-23)16-36(26(20)39)22-6-8-24(37)34-25(22)38/h1-5,7,22,40H,6,8-17H2,(H,34,37,38)/t22-,28+/m1/s1. The number of hydrogen-bond donors (Lipinski definition) is 2. The van der Waals surface area contributed by atoms with Crippen LogP contribution in [0.1, 0.15) is 65.0 Å². The van der Waals surface area contributed by atoms with E-state index in [-0.39, 0.29) is 31.2 Å². The maximum atomic E-state index is 13.2. The van der Waals surface area contributed by atoms with E-state index in [1.54, 1.807) is 12.1 Å². The van der Waals surface area contributed by atoms with Gasteiger partial charge in [0.1, 0.15) is 11.6 Å². The fourth-order valence-electron chi connectivity index (χ4n) is 6.81. The fraction of sp³-hybridized carbons (Fsp3) is 0.517. The summed E-state index contributed by atoms with van der Waals surface area (Å²) in [6.07, 6.45) is -2.48. The lowest BCUT2D eigenvalue weighted by molar-refractivity contribution is -0.182. The first-order chi connectivity index (χ1) is 19.5. The number of carbonyl (C=O) groups is 3. The van der Waals surface area contributed by atoms with E-state index >= 15 is 0 Å². The Morgan fingerprint density at radius 3 is 2.46 bits per heavy atom. The average molecular weight is 573 g/mol. The minimum Gasteiger partial charge on any atom is -0.383 e. The van der Waals surface area contributed by atoms with Crippen LogP contribution in [0.5, 0.6) is 0 Å². The number of ether oxygens (including phenoxy) is 1. The van der Waals surface area contributed by atoms with Crippen LogP contribution in [0.15, 0.2) is 36.4 Å². The monoisotopic (exact) mass is 572 g/mol. The highest BCUT2D eigenvalue weighted by Crippen LogP contribution is 2.52. The molecule has 5 heterocycles. The number of fused-ring (bicyclic) bond motifs is 1. The maximum absolute atomic E-state index is 13.2. The number of aliphatic hydroxyl groups is 1. The molecule has 3 amide bonds. The van der Waals surface area contributed by atoms with Crippen LogP contribution in [-0.4, -0.2) is 70.0 Å². The van der Waals surface area contributed by atoms with Crippen LogP contribution in [0.4, 0.5) is 13.2 Å². The maximum Gasteiger partial charge on any atom is 0.416 e. The number of carbonyl (C=O) groups excluding carboxylic acids is 3. The Bertz CT molecular complexity index is 1380. The molecule has 2 aromatic rings. The number of amides is 3. The summed E-state index contributed by atoms with van der Waals surface area (Å²) in [6, 6.07) is 7.76. The van der Waals surface area contributed by atoms with Gasteiger partial charge in [-0.3, -0.25) is 29.6 Å². The number of halogens is 3. The molecule has 4 aliphatic heterocycles. The Kier molecular flexibility index (Phi) is 6.90. The van der Waals surface area contributed by atoms with Crippen LogP contribution in [0.25, 0.3) is 0 Å². The molecule has 41 heavy (non-hydrogen) atoms. The average Bonchev–Trinajstić information content (AvgIpc) is 3.26. The molecule has 0 saturated carbocycles. The second-order valence-electron chi connectivity index (χ2n) is 11.5. The van der Waals surface area contributed by atoms with Gasteiger partial charge in [-0.2, -0.15) is 13.2 Å². The minimum absolute atomic E-state index is 0.112. The van der Waals surface area contributed by atoms with E-state index in [0.29, 0.717) is 69.1 Å². The first-order valence-corrected chi connectivity index (χ1v) is 13.8. The number of benzene rings is 1. The fourth-order valence-corrected chi connectivity index (χ4v) is 6.81. The van der Waals surface area contributed by atoms with Crippen molar-refractivity contribution in [2.75, 3.05) is 26.3 Å². The summed E-state index contributed by atoms with van der Waals surface area (Å²) in [5.74, 6) is -1.18. The van der Waals surface area contributed by atoms with Gasteiger partial charge in [-0.1, -0.05) is 12.1 Å². The van der Waals surface area contributed by atoms with Crippen molar-refractivity contribution in [3.05, 3.63) is 64.5 Å². The topological polar surface area (TPSA) is 112 Å². The molecule has 0 unspecified atom stereocenters. The Labute approximate surface area is 234 Å². The molecule has 1 aromatic carbocycles. The van der Waals surface area contributed by atoms with E-state index in [4.69, 9.17) is 9.72 Å². The zero-order chi connectivity index (χ0) is 29.0. The van der Waals surface area contributed by atoms with E-state index < -0.39 is 34.7 Å². The van der Waals surface area contributed by atoms with E-state index in [9.17, 15) is 32.7 Å². The largest absolute Gasteiger partial charge is 0.416 e. The van der Waals surface area contributed by atoms with Gasteiger partial charge in [-0.15, -0.1) is 0 Å². The van der Waals surface area contributed by atoms with Gasteiger partial charge in [0.15, 0.2) is 0 Å². The van der Waals surface area contributed by atoms with Gasteiger partial charge in [0.2, 0.25) is 11.8 Å². The van der Waals surface area contributed by atoms with Crippen molar-refractivity contribution in [2.45, 2.75) is 63.0 Å². The van der Waals surface area contributed by atoms with E-state index in [2.05, 4.69) is 10.2 Å². The number of hydrogen-bond acceptors (Lipinski definition) is 7. The molecule has 4 aliphatic rings. The first-order valence-electron chi connectivity index (χ1n) is 13.8. The molecule has 3 saturated heterocycles. The molecule has 0 radical (unpaired) electrons. The summed E-state index contributed by atoms with van der Waals surface area (Å²) in [6.45, 7) is 2.49. The third kappa shape index (κ3) is 4.91. The van der Waals surface area contributed by atoms with Crippen molar-refractivity contribution in [1.82, 2.24) is 20.1 Å². The predicted octanol–water partition coefficient (Wildman–Crippen LogP) is 2.75. The zero-order valence-electron chi connectivity index (χ0n) is 22.4. The summed E-state index contributed by atoms with van der Waals surface area (Å²) >= 11 is 0. The Morgan fingerprint density at radius 2 is 1.78 bits per heavy atom. The zero-order valence-corrected chi connectivity index (χ0v) is 22.4. The molecule has 9 nitrogen and oxygen atoms in total. The summed E-state index contributed by atoms with van der Waals surface area (Å²) in [4.78, 5) is 45.5. The highest BCUT2D eigenvalue weighted by molar-refractivity contribution is 6.05. The van der Waals surface area contributed by atoms with Crippen LogP contribution < -0.4 is 5.32 Å². The lowest BCUT2D eigenvalue weighted by Crippen LogP contribution is -2.60. The number of likely N-dealkylation sites (tertiary alicyclic amines) is 1. The highest BCUT2D eigenvalue weighted by Gasteiger charge is 2.56. The number of imide groups is 1. The number of aromatic nitrogens is 1. The van der Waals surface area contributed by atoms with Gasteiger partial charge in [0, 0.05) is 44.7 Å². The van der Waals surface area contributed by atoms with Crippen LogP contribution in [0, 0.1) is 5.41 Å². The third-order valence-electron chi connectivity index (χ3n) is 9.13. The van der Waals surface area contributed by atoms with Gasteiger partial charge in [-0.25, -0.2) is 0 Å².